The van der Waals surface area contributed by atoms with Crippen LogP contribution in [0.3, 0.4) is 0 Å². The van der Waals surface area contributed by atoms with Gasteiger partial charge in [-0.2, -0.15) is 0 Å². The second kappa shape index (κ2) is 7.72. The quantitative estimate of drug-likeness (QED) is 0.631. The average Bonchev–Trinajstić information content (AvgIpc) is 3.41. The largest absolute Gasteiger partial charge is 0.382 e. The van der Waals surface area contributed by atoms with Crippen LogP contribution in [0.1, 0.15) is 43.5 Å². The molecule has 2 aromatic heterocycles. The Labute approximate surface area is 183 Å². The number of fused-ring (bicyclic) bond motifs is 1. The van der Waals surface area contributed by atoms with Crippen molar-refractivity contribution in [1.29, 1.82) is 0 Å². The molecular weight excluding hydrogens is 414 g/mol. The highest BCUT2D eigenvalue weighted by atomic mass is 32.1. The van der Waals surface area contributed by atoms with Gasteiger partial charge < -0.3 is 15.3 Å². The molecule has 31 heavy (non-hydrogen) atoms. The Morgan fingerprint density at radius 1 is 1.26 bits per heavy atom. The number of aromatic nitrogens is 3. The molecular formula is C22H25N5O3S. The minimum atomic E-state index is -1.03. The van der Waals surface area contributed by atoms with Crippen LogP contribution in [0, 0.1) is 0 Å². The number of amides is 1. The van der Waals surface area contributed by atoms with Crippen LogP contribution >= 0.6 is 11.3 Å². The number of nitrogens with zero attached hydrogens (tertiary/aromatic N) is 4. The third-order valence-corrected chi connectivity index (χ3v) is 7.32. The summed E-state index contributed by atoms with van der Waals surface area (Å²) in [5.41, 5.74) is 0.0610. The number of rotatable bonds is 5. The highest BCUT2D eigenvalue weighted by Gasteiger charge is 2.41. The van der Waals surface area contributed by atoms with E-state index in [0.717, 1.165) is 24.8 Å². The number of hydrogen-bond acceptors (Lipinski definition) is 7. The maximum Gasteiger partial charge on any atom is 0.280 e. The van der Waals surface area contributed by atoms with Gasteiger partial charge in [0.2, 0.25) is 5.91 Å². The molecule has 1 aromatic carbocycles. The van der Waals surface area contributed by atoms with Crippen molar-refractivity contribution in [3.05, 3.63) is 52.1 Å². The van der Waals surface area contributed by atoms with E-state index in [1.807, 2.05) is 35.2 Å². The Morgan fingerprint density at radius 2 is 2.03 bits per heavy atom. The minimum absolute atomic E-state index is 0.0362. The van der Waals surface area contributed by atoms with Gasteiger partial charge in [0.1, 0.15) is 17.5 Å². The van der Waals surface area contributed by atoms with E-state index in [9.17, 15) is 14.7 Å². The standard InChI is InChI=1S/C22H25N5O3S/c1-26-19(29)16-18(25-20(26)22(30)10-6-11-22)31-21(24-16)27-12-5-9-15(27)17(28)23-13-14-7-3-2-4-8-14/h2-4,7-8,15,30H,5-6,9-13H2,1H3,(H,23,28). The van der Waals surface area contributed by atoms with E-state index < -0.39 is 5.60 Å². The first-order chi connectivity index (χ1) is 15.0. The number of thiazole rings is 1. The van der Waals surface area contributed by atoms with Crippen molar-refractivity contribution in [2.45, 2.75) is 50.3 Å². The van der Waals surface area contributed by atoms with Crippen molar-refractivity contribution >= 4 is 32.7 Å². The van der Waals surface area contributed by atoms with Gasteiger partial charge in [0, 0.05) is 20.1 Å². The molecule has 8 nitrogen and oxygen atoms in total. The summed E-state index contributed by atoms with van der Waals surface area (Å²) in [6.45, 7) is 1.19. The summed E-state index contributed by atoms with van der Waals surface area (Å²) >= 11 is 1.32. The fraction of sp³-hybridized carbons (Fsp3) is 0.455. The fourth-order valence-electron chi connectivity index (χ4n) is 4.39. The molecule has 0 radical (unpaired) electrons. The van der Waals surface area contributed by atoms with Gasteiger partial charge in [-0.1, -0.05) is 41.7 Å². The Hall–Kier alpha value is -2.78. The van der Waals surface area contributed by atoms with E-state index in [0.29, 0.717) is 47.2 Å². The van der Waals surface area contributed by atoms with Crippen LogP contribution in [-0.4, -0.2) is 38.1 Å². The number of nitrogens with one attached hydrogen (secondary N) is 1. The molecule has 5 rings (SSSR count). The highest BCUT2D eigenvalue weighted by Crippen LogP contribution is 2.40. The Kier molecular flexibility index (Phi) is 5.02. The smallest absolute Gasteiger partial charge is 0.280 e. The first kappa shape index (κ1) is 20.1. The van der Waals surface area contributed by atoms with Crippen LogP contribution in [0.2, 0.25) is 0 Å². The lowest BCUT2D eigenvalue weighted by molar-refractivity contribution is -0.122. The van der Waals surface area contributed by atoms with E-state index in [2.05, 4.69) is 15.3 Å². The lowest BCUT2D eigenvalue weighted by Crippen LogP contribution is -2.43. The lowest BCUT2D eigenvalue weighted by atomic mass is 9.79. The van der Waals surface area contributed by atoms with Gasteiger partial charge in [-0.25, -0.2) is 9.97 Å². The Morgan fingerprint density at radius 3 is 2.74 bits per heavy atom. The minimum Gasteiger partial charge on any atom is -0.382 e. The van der Waals surface area contributed by atoms with Gasteiger partial charge >= 0.3 is 0 Å². The lowest BCUT2D eigenvalue weighted by Gasteiger charge is -2.36. The predicted octanol–water partition coefficient (Wildman–Crippen LogP) is 2.05. The molecule has 0 spiro atoms. The first-order valence-corrected chi connectivity index (χ1v) is 11.5. The molecule has 2 N–H and O–H groups in total. The van der Waals surface area contributed by atoms with Gasteiger partial charge in [0.25, 0.3) is 5.56 Å². The molecule has 1 saturated carbocycles. The zero-order valence-corrected chi connectivity index (χ0v) is 18.2. The number of hydrogen-bond donors (Lipinski definition) is 2. The van der Waals surface area contributed by atoms with Gasteiger partial charge in [-0.3, -0.25) is 14.2 Å². The second-order valence-corrected chi connectivity index (χ2v) is 9.35. The van der Waals surface area contributed by atoms with Gasteiger partial charge in [-0.05, 0) is 37.7 Å². The van der Waals surface area contributed by atoms with Crippen LogP contribution in [0.15, 0.2) is 35.1 Å². The van der Waals surface area contributed by atoms with Crippen LogP contribution < -0.4 is 15.8 Å². The summed E-state index contributed by atoms with van der Waals surface area (Å²) < 4.78 is 1.42. The molecule has 2 aliphatic rings. The van der Waals surface area contributed by atoms with Gasteiger partial charge in [0.05, 0.1) is 0 Å². The highest BCUT2D eigenvalue weighted by molar-refractivity contribution is 7.21. The number of carbonyl (C=O) groups excluding carboxylic acids is 1. The molecule has 3 heterocycles. The number of carbonyl (C=O) groups is 1. The summed E-state index contributed by atoms with van der Waals surface area (Å²) in [7, 11) is 1.63. The number of benzene rings is 1. The molecule has 3 aromatic rings. The van der Waals surface area contributed by atoms with E-state index in [1.165, 1.54) is 15.9 Å². The van der Waals surface area contributed by atoms with Gasteiger partial charge in [-0.15, -0.1) is 0 Å². The summed E-state index contributed by atoms with van der Waals surface area (Å²) in [5.74, 6) is 0.371. The SMILES string of the molecule is Cn1c(C2(O)CCC2)nc2sc(N3CCCC3C(=O)NCc3ccccc3)nc2c1=O. The van der Waals surface area contributed by atoms with E-state index >= 15 is 0 Å². The summed E-state index contributed by atoms with van der Waals surface area (Å²) in [6, 6.07) is 9.50. The zero-order chi connectivity index (χ0) is 21.6. The maximum atomic E-state index is 12.9. The molecule has 162 valence electrons. The third-order valence-electron chi connectivity index (χ3n) is 6.34. The zero-order valence-electron chi connectivity index (χ0n) is 17.4. The average molecular weight is 440 g/mol. The molecule has 1 aliphatic carbocycles. The second-order valence-electron chi connectivity index (χ2n) is 8.39. The van der Waals surface area contributed by atoms with E-state index in [1.54, 1.807) is 7.05 Å². The summed E-state index contributed by atoms with van der Waals surface area (Å²) in [5, 5.41) is 14.4. The summed E-state index contributed by atoms with van der Waals surface area (Å²) in [6.07, 6.45) is 3.77. The van der Waals surface area contributed by atoms with Crippen molar-refractivity contribution in [2.75, 3.05) is 11.4 Å². The number of anilines is 1. The molecule has 1 saturated heterocycles. The fourth-order valence-corrected chi connectivity index (χ4v) is 5.40. The van der Waals surface area contributed by atoms with E-state index in [4.69, 9.17) is 0 Å². The normalized spacial score (nSPS) is 20.1. The van der Waals surface area contributed by atoms with Crippen molar-refractivity contribution in [3.63, 3.8) is 0 Å². The van der Waals surface area contributed by atoms with Crippen molar-refractivity contribution in [2.24, 2.45) is 7.05 Å². The maximum absolute atomic E-state index is 12.9. The Balaban J connectivity index is 1.41. The van der Waals surface area contributed by atoms with Crippen molar-refractivity contribution in [1.82, 2.24) is 19.9 Å². The van der Waals surface area contributed by atoms with Gasteiger partial charge in [0.15, 0.2) is 15.5 Å². The van der Waals surface area contributed by atoms with Crippen LogP contribution in [0.5, 0.6) is 0 Å². The van der Waals surface area contributed by atoms with Crippen LogP contribution in [0.25, 0.3) is 10.3 Å². The molecule has 0 bridgehead atoms. The topological polar surface area (TPSA) is 100 Å². The van der Waals surface area contributed by atoms with Crippen LogP contribution in [-0.2, 0) is 24.0 Å². The van der Waals surface area contributed by atoms with Crippen molar-refractivity contribution < 1.29 is 9.90 Å². The first-order valence-electron chi connectivity index (χ1n) is 10.6. The third kappa shape index (κ3) is 3.51. The Bertz CT molecular complexity index is 1190. The summed E-state index contributed by atoms with van der Waals surface area (Å²) in [4.78, 5) is 37.4. The molecule has 2 fully saturated rings. The molecule has 1 amide bonds. The van der Waals surface area contributed by atoms with Crippen LogP contribution in [0.4, 0.5) is 5.13 Å². The molecule has 1 unspecified atom stereocenters. The monoisotopic (exact) mass is 439 g/mol. The molecule has 9 heteroatoms. The van der Waals surface area contributed by atoms with Crippen molar-refractivity contribution in [3.8, 4) is 0 Å². The molecule has 1 atom stereocenters. The predicted molar refractivity (Wildman–Crippen MR) is 119 cm³/mol. The number of aliphatic hydroxyl groups is 1. The van der Waals surface area contributed by atoms with E-state index in [-0.39, 0.29) is 17.5 Å². The molecule has 1 aliphatic heterocycles.